The first-order chi connectivity index (χ1) is 12.2. The fourth-order valence-corrected chi connectivity index (χ4v) is 2.87. The molecule has 0 atom stereocenters. The van der Waals surface area contributed by atoms with E-state index in [4.69, 9.17) is 5.26 Å². The maximum absolute atomic E-state index is 12.0. The Morgan fingerprint density at radius 2 is 1.96 bits per heavy atom. The summed E-state index contributed by atoms with van der Waals surface area (Å²) in [5.74, 6) is -1.01. The highest BCUT2D eigenvalue weighted by Crippen LogP contribution is 2.29. The summed E-state index contributed by atoms with van der Waals surface area (Å²) in [7, 11) is 0. The third-order valence-electron chi connectivity index (χ3n) is 3.95. The molecule has 3 aromatic rings. The Hall–Kier alpha value is -3.39. The van der Waals surface area contributed by atoms with E-state index >= 15 is 0 Å². The SMILES string of the molecule is CCCc1c(C(=O)O)c(-c2cccc(C#N)c2)nn1-c1ccccc1. The standard InChI is InChI=1S/C20H17N3O2/c1-2-7-17-18(20(24)25)19(15-9-6-8-14(12-15)13-21)22-23(17)16-10-4-3-5-11-16/h3-6,8-12H,2,7H2,1H3,(H,24,25). The number of nitriles is 1. The maximum atomic E-state index is 12.0. The zero-order valence-electron chi connectivity index (χ0n) is 13.8. The largest absolute Gasteiger partial charge is 0.478 e. The number of aromatic nitrogens is 2. The number of rotatable bonds is 5. The van der Waals surface area contributed by atoms with Crippen molar-refractivity contribution in [2.24, 2.45) is 0 Å². The van der Waals surface area contributed by atoms with Gasteiger partial charge in [0.25, 0.3) is 0 Å². The minimum atomic E-state index is -1.01. The Kier molecular flexibility index (Phi) is 4.62. The summed E-state index contributed by atoms with van der Waals surface area (Å²) in [5, 5.41) is 23.5. The van der Waals surface area contributed by atoms with Crippen LogP contribution in [0.2, 0.25) is 0 Å². The van der Waals surface area contributed by atoms with Crippen molar-refractivity contribution < 1.29 is 9.90 Å². The molecule has 0 aliphatic carbocycles. The molecule has 3 rings (SSSR count). The van der Waals surface area contributed by atoms with E-state index in [1.807, 2.05) is 37.3 Å². The van der Waals surface area contributed by atoms with Gasteiger partial charge in [-0.1, -0.05) is 43.7 Å². The monoisotopic (exact) mass is 331 g/mol. The van der Waals surface area contributed by atoms with Gasteiger partial charge in [-0.25, -0.2) is 9.48 Å². The van der Waals surface area contributed by atoms with Crippen LogP contribution in [0, 0.1) is 11.3 Å². The van der Waals surface area contributed by atoms with E-state index in [2.05, 4.69) is 11.2 Å². The van der Waals surface area contributed by atoms with Crippen LogP contribution in [0.1, 0.15) is 35.0 Å². The van der Waals surface area contributed by atoms with Crippen LogP contribution >= 0.6 is 0 Å². The van der Waals surface area contributed by atoms with Gasteiger partial charge in [-0.2, -0.15) is 10.4 Å². The fraction of sp³-hybridized carbons (Fsp3) is 0.150. The van der Waals surface area contributed by atoms with Gasteiger partial charge in [0.1, 0.15) is 11.3 Å². The molecule has 25 heavy (non-hydrogen) atoms. The van der Waals surface area contributed by atoms with Crippen molar-refractivity contribution in [1.29, 1.82) is 5.26 Å². The van der Waals surface area contributed by atoms with Crippen LogP contribution in [0.3, 0.4) is 0 Å². The number of hydrogen-bond donors (Lipinski definition) is 1. The second-order valence-electron chi connectivity index (χ2n) is 5.67. The number of carboxylic acid groups (broad SMARTS) is 1. The zero-order valence-corrected chi connectivity index (χ0v) is 13.8. The number of carboxylic acids is 1. The van der Waals surface area contributed by atoms with Crippen molar-refractivity contribution in [3.8, 4) is 23.0 Å². The highest BCUT2D eigenvalue weighted by molar-refractivity contribution is 5.96. The highest BCUT2D eigenvalue weighted by Gasteiger charge is 2.24. The van der Waals surface area contributed by atoms with Gasteiger partial charge in [-0.3, -0.25) is 0 Å². The number of para-hydroxylation sites is 1. The molecule has 0 bridgehead atoms. The van der Waals surface area contributed by atoms with Crippen LogP contribution in [-0.4, -0.2) is 20.9 Å². The number of nitrogens with zero attached hydrogens (tertiary/aromatic N) is 3. The molecule has 0 radical (unpaired) electrons. The second kappa shape index (κ2) is 7.02. The molecule has 124 valence electrons. The molecule has 0 amide bonds. The van der Waals surface area contributed by atoms with E-state index in [1.54, 1.807) is 28.9 Å². The molecule has 0 fully saturated rings. The van der Waals surface area contributed by atoms with Crippen molar-refractivity contribution in [1.82, 2.24) is 9.78 Å². The lowest BCUT2D eigenvalue weighted by atomic mass is 10.0. The van der Waals surface area contributed by atoms with Crippen LogP contribution in [0.5, 0.6) is 0 Å². The number of aromatic carboxylic acids is 1. The fourth-order valence-electron chi connectivity index (χ4n) is 2.87. The Bertz CT molecular complexity index is 953. The minimum Gasteiger partial charge on any atom is -0.478 e. The van der Waals surface area contributed by atoms with Gasteiger partial charge >= 0.3 is 5.97 Å². The average molecular weight is 331 g/mol. The van der Waals surface area contributed by atoms with Crippen LogP contribution in [0.25, 0.3) is 16.9 Å². The van der Waals surface area contributed by atoms with E-state index in [9.17, 15) is 9.90 Å². The van der Waals surface area contributed by atoms with Gasteiger partial charge in [-0.15, -0.1) is 0 Å². The lowest BCUT2D eigenvalue weighted by Crippen LogP contribution is -2.06. The van der Waals surface area contributed by atoms with Crippen LogP contribution in [-0.2, 0) is 6.42 Å². The highest BCUT2D eigenvalue weighted by atomic mass is 16.4. The molecule has 0 aliphatic rings. The topological polar surface area (TPSA) is 78.9 Å². The smallest absolute Gasteiger partial charge is 0.339 e. The third kappa shape index (κ3) is 3.15. The van der Waals surface area contributed by atoms with Crippen molar-refractivity contribution >= 4 is 5.97 Å². The molecule has 1 N–H and O–H groups in total. The molecular formula is C20H17N3O2. The molecule has 0 unspecified atom stereocenters. The predicted octanol–water partition coefficient (Wildman–Crippen LogP) is 4.06. The van der Waals surface area contributed by atoms with Gasteiger partial charge < -0.3 is 5.11 Å². The molecular weight excluding hydrogens is 314 g/mol. The van der Waals surface area contributed by atoms with E-state index in [-0.39, 0.29) is 5.56 Å². The average Bonchev–Trinajstić information content (AvgIpc) is 3.02. The summed E-state index contributed by atoms with van der Waals surface area (Å²) in [6.07, 6.45) is 1.40. The van der Waals surface area contributed by atoms with Gasteiger partial charge in [-0.05, 0) is 30.7 Å². The quantitative estimate of drug-likeness (QED) is 0.764. The van der Waals surface area contributed by atoms with E-state index in [1.165, 1.54) is 0 Å². The first-order valence-electron chi connectivity index (χ1n) is 8.06. The Morgan fingerprint density at radius 1 is 1.20 bits per heavy atom. The van der Waals surface area contributed by atoms with Gasteiger partial charge in [0.05, 0.1) is 23.0 Å². The number of carbonyl (C=O) groups is 1. The number of benzene rings is 2. The summed E-state index contributed by atoms with van der Waals surface area (Å²) in [6.45, 7) is 2.00. The van der Waals surface area contributed by atoms with Gasteiger partial charge in [0, 0.05) is 5.56 Å². The zero-order chi connectivity index (χ0) is 17.8. The molecule has 0 spiro atoms. The van der Waals surface area contributed by atoms with Crippen LogP contribution < -0.4 is 0 Å². The molecule has 0 aliphatic heterocycles. The van der Waals surface area contributed by atoms with Crippen molar-refractivity contribution in [3.63, 3.8) is 0 Å². The molecule has 0 saturated carbocycles. The Balaban J connectivity index is 2.28. The minimum absolute atomic E-state index is 0.195. The lowest BCUT2D eigenvalue weighted by Gasteiger charge is -2.07. The molecule has 0 saturated heterocycles. The Morgan fingerprint density at radius 3 is 2.60 bits per heavy atom. The summed E-state index contributed by atoms with van der Waals surface area (Å²) in [5.41, 5.74) is 3.16. The third-order valence-corrected chi connectivity index (χ3v) is 3.95. The molecule has 2 aromatic carbocycles. The summed E-state index contributed by atoms with van der Waals surface area (Å²) in [4.78, 5) is 12.0. The first-order valence-corrected chi connectivity index (χ1v) is 8.06. The maximum Gasteiger partial charge on any atom is 0.339 e. The summed E-state index contributed by atoms with van der Waals surface area (Å²) in [6, 6.07) is 18.4. The molecule has 1 aromatic heterocycles. The normalized spacial score (nSPS) is 10.4. The van der Waals surface area contributed by atoms with Gasteiger partial charge in [0.2, 0.25) is 0 Å². The van der Waals surface area contributed by atoms with Crippen LogP contribution in [0.4, 0.5) is 0 Å². The van der Waals surface area contributed by atoms with E-state index in [0.29, 0.717) is 28.9 Å². The van der Waals surface area contributed by atoms with Crippen LogP contribution in [0.15, 0.2) is 54.6 Å². The number of hydrogen-bond acceptors (Lipinski definition) is 3. The van der Waals surface area contributed by atoms with Gasteiger partial charge in [0.15, 0.2) is 0 Å². The van der Waals surface area contributed by atoms with Crippen molar-refractivity contribution in [3.05, 3.63) is 71.4 Å². The van der Waals surface area contributed by atoms with Crippen molar-refractivity contribution in [2.75, 3.05) is 0 Å². The van der Waals surface area contributed by atoms with E-state index in [0.717, 1.165) is 12.1 Å². The first kappa shape index (κ1) is 16.5. The predicted molar refractivity (Wildman–Crippen MR) is 94.7 cm³/mol. The summed E-state index contributed by atoms with van der Waals surface area (Å²) >= 11 is 0. The summed E-state index contributed by atoms with van der Waals surface area (Å²) < 4.78 is 1.70. The molecule has 1 heterocycles. The second-order valence-corrected chi connectivity index (χ2v) is 5.67. The Labute approximate surface area is 145 Å². The van der Waals surface area contributed by atoms with Crippen molar-refractivity contribution in [2.45, 2.75) is 19.8 Å². The lowest BCUT2D eigenvalue weighted by molar-refractivity contribution is 0.0696. The molecule has 5 heteroatoms. The van der Waals surface area contributed by atoms with E-state index < -0.39 is 5.97 Å². The molecule has 5 nitrogen and oxygen atoms in total.